The van der Waals surface area contributed by atoms with Gasteiger partial charge in [-0.3, -0.25) is 24.1 Å². The maximum Gasteiger partial charge on any atom is 0.235 e. The number of pyridine rings is 3. The molecule has 18 aromatic rings. The highest BCUT2D eigenvalue weighted by Crippen LogP contribution is 2.50. The summed E-state index contributed by atoms with van der Waals surface area (Å²) in [6, 6.07) is 70.3. The van der Waals surface area contributed by atoms with E-state index in [0.29, 0.717) is 11.8 Å². The lowest BCUT2D eigenvalue weighted by molar-refractivity contribution is 1.02. The summed E-state index contributed by atoms with van der Waals surface area (Å²) >= 11 is 3.63. The minimum atomic E-state index is 0.596. The van der Waals surface area contributed by atoms with Crippen molar-refractivity contribution in [1.82, 2.24) is 44.0 Å². The van der Waals surface area contributed by atoms with Crippen molar-refractivity contribution < 1.29 is 0 Å². The fourth-order valence-electron chi connectivity index (χ4n) is 12.7. The number of benzene rings is 9. The maximum absolute atomic E-state index is 5.65. The van der Waals surface area contributed by atoms with Gasteiger partial charge in [0, 0.05) is 105 Å². The molecule has 9 aromatic carbocycles. The van der Waals surface area contributed by atoms with Gasteiger partial charge in [-0.05, 0) is 76.8 Å². The highest BCUT2D eigenvalue weighted by molar-refractivity contribution is 7.27. The van der Waals surface area contributed by atoms with E-state index in [1.165, 1.54) is 41.0 Å². The summed E-state index contributed by atoms with van der Waals surface area (Å²) in [7, 11) is 0. The molecule has 0 unspecified atom stereocenters. The van der Waals surface area contributed by atoms with Crippen LogP contribution in [0.1, 0.15) is 0 Å². The molecular formula is C69H37N9S2. The SMILES string of the molecule is c1ccc(-c2nc(-n3c4cccnc4c4c5cc(-c6ccc7nc(-n8c9ccncc9c9c%10ccccc%10c%10c%11ccccc%11sc%10c98)nc(-c8ccccc8)c7c6)ncc5c5c6ccccc6sc5c43)c3ccccc3n2)cc1. The number of hydrogen-bond donors (Lipinski definition) is 0. The zero-order valence-electron chi connectivity index (χ0n) is 42.2. The molecule has 0 spiro atoms. The van der Waals surface area contributed by atoms with Gasteiger partial charge in [-0.25, -0.2) is 19.9 Å². The van der Waals surface area contributed by atoms with Gasteiger partial charge in [0.05, 0.1) is 59.4 Å². The van der Waals surface area contributed by atoms with Crippen molar-refractivity contribution >= 4 is 150 Å². The highest BCUT2D eigenvalue weighted by Gasteiger charge is 2.27. The fourth-order valence-corrected chi connectivity index (χ4v) is 15.2. The Balaban J connectivity index is 0.905. The molecule has 18 rings (SSSR count). The number of thiophene rings is 2. The molecule has 9 heterocycles. The van der Waals surface area contributed by atoms with Gasteiger partial charge >= 0.3 is 0 Å². The molecule has 0 fully saturated rings. The molecule has 0 saturated carbocycles. The van der Waals surface area contributed by atoms with E-state index >= 15 is 0 Å². The zero-order valence-corrected chi connectivity index (χ0v) is 43.8. The third kappa shape index (κ3) is 6.12. The van der Waals surface area contributed by atoms with Crippen molar-refractivity contribution in [3.63, 3.8) is 0 Å². The summed E-state index contributed by atoms with van der Waals surface area (Å²) < 4.78 is 9.40. The van der Waals surface area contributed by atoms with Gasteiger partial charge in [-0.15, -0.1) is 22.7 Å². The number of nitrogens with zero attached hydrogens (tertiary/aromatic N) is 9. The first kappa shape index (κ1) is 43.7. The Morgan fingerprint density at radius 1 is 0.362 bits per heavy atom. The van der Waals surface area contributed by atoms with E-state index in [1.54, 1.807) is 11.3 Å². The van der Waals surface area contributed by atoms with E-state index in [0.717, 1.165) is 120 Å². The lowest BCUT2D eigenvalue weighted by atomic mass is 9.98. The van der Waals surface area contributed by atoms with Gasteiger partial charge < -0.3 is 0 Å². The van der Waals surface area contributed by atoms with Crippen molar-refractivity contribution in [1.29, 1.82) is 0 Å². The normalized spacial score (nSPS) is 12.2. The summed E-state index contributed by atoms with van der Waals surface area (Å²) in [5.41, 5.74) is 11.2. The molecule has 0 aliphatic rings. The van der Waals surface area contributed by atoms with Crippen LogP contribution in [0, 0.1) is 0 Å². The van der Waals surface area contributed by atoms with Gasteiger partial charge in [-0.1, -0.05) is 140 Å². The molecule has 11 heteroatoms. The topological polar surface area (TPSA) is 100 Å². The van der Waals surface area contributed by atoms with E-state index in [2.05, 4.69) is 185 Å². The lowest BCUT2D eigenvalue weighted by Crippen LogP contribution is -2.04. The minimum Gasteiger partial charge on any atom is -0.290 e. The van der Waals surface area contributed by atoms with E-state index < -0.39 is 0 Å². The Kier molecular flexibility index (Phi) is 9.07. The lowest BCUT2D eigenvalue weighted by Gasteiger charge is -2.14. The van der Waals surface area contributed by atoms with E-state index in [1.807, 2.05) is 60.3 Å². The minimum absolute atomic E-state index is 0.596. The maximum atomic E-state index is 5.65. The predicted octanol–water partition coefficient (Wildman–Crippen LogP) is 18.0. The molecular weight excluding hydrogens is 1020 g/mol. The molecule has 80 heavy (non-hydrogen) atoms. The van der Waals surface area contributed by atoms with Gasteiger partial charge in [0.1, 0.15) is 5.82 Å². The summed E-state index contributed by atoms with van der Waals surface area (Å²) in [5.74, 6) is 2.06. The molecule has 0 aliphatic carbocycles. The summed E-state index contributed by atoms with van der Waals surface area (Å²) in [6.45, 7) is 0. The van der Waals surface area contributed by atoms with Crippen molar-refractivity contribution in [2.24, 2.45) is 0 Å². The van der Waals surface area contributed by atoms with Crippen molar-refractivity contribution in [3.05, 3.63) is 225 Å². The first-order valence-electron chi connectivity index (χ1n) is 26.5. The van der Waals surface area contributed by atoms with Crippen molar-refractivity contribution in [3.8, 4) is 45.7 Å². The Morgan fingerprint density at radius 2 is 1.01 bits per heavy atom. The second kappa shape index (κ2) is 16.6. The Labute approximate surface area is 462 Å². The summed E-state index contributed by atoms with van der Waals surface area (Å²) in [5, 5.41) is 14.5. The molecule has 370 valence electrons. The van der Waals surface area contributed by atoms with Crippen LogP contribution in [0.25, 0.3) is 173 Å². The Bertz CT molecular complexity index is 5680. The van der Waals surface area contributed by atoms with Crippen molar-refractivity contribution in [2.75, 3.05) is 0 Å². The summed E-state index contributed by atoms with van der Waals surface area (Å²) in [4.78, 5) is 37.1. The largest absolute Gasteiger partial charge is 0.290 e. The first-order valence-corrected chi connectivity index (χ1v) is 28.2. The van der Waals surface area contributed by atoms with Crippen LogP contribution < -0.4 is 0 Å². The fraction of sp³-hybridized carbons (Fsp3) is 0. The van der Waals surface area contributed by atoms with E-state index in [9.17, 15) is 0 Å². The molecule has 0 atom stereocenters. The average molecular weight is 1060 g/mol. The van der Waals surface area contributed by atoms with Gasteiger partial charge in [0.15, 0.2) is 5.82 Å². The second-order valence-corrected chi connectivity index (χ2v) is 22.5. The third-order valence-electron chi connectivity index (χ3n) is 16.1. The van der Waals surface area contributed by atoms with Gasteiger partial charge in [0.25, 0.3) is 0 Å². The number of aromatic nitrogens is 9. The highest BCUT2D eigenvalue weighted by atomic mass is 32.1. The molecule has 0 amide bonds. The number of fused-ring (bicyclic) bond motifs is 22. The molecule has 0 aliphatic heterocycles. The third-order valence-corrected chi connectivity index (χ3v) is 18.4. The van der Waals surface area contributed by atoms with Crippen LogP contribution in [-0.2, 0) is 0 Å². The molecule has 0 N–H and O–H groups in total. The van der Waals surface area contributed by atoms with Crippen LogP contribution in [0.3, 0.4) is 0 Å². The molecule has 9 nitrogen and oxygen atoms in total. The van der Waals surface area contributed by atoms with Crippen molar-refractivity contribution in [2.45, 2.75) is 0 Å². The van der Waals surface area contributed by atoms with Crippen LogP contribution in [0.5, 0.6) is 0 Å². The van der Waals surface area contributed by atoms with Crippen LogP contribution in [0.2, 0.25) is 0 Å². The summed E-state index contributed by atoms with van der Waals surface area (Å²) in [6.07, 6.45) is 7.84. The zero-order chi connectivity index (χ0) is 52.2. The van der Waals surface area contributed by atoms with Crippen LogP contribution >= 0.6 is 22.7 Å². The van der Waals surface area contributed by atoms with Crippen LogP contribution in [0.15, 0.2) is 225 Å². The van der Waals surface area contributed by atoms with Crippen LogP contribution in [0.4, 0.5) is 0 Å². The van der Waals surface area contributed by atoms with E-state index in [4.69, 9.17) is 34.9 Å². The molecule has 0 bridgehead atoms. The monoisotopic (exact) mass is 1060 g/mol. The Morgan fingerprint density at radius 3 is 1.79 bits per heavy atom. The standard InChI is InChI=1S/C69H37N9S2/c1-3-16-38(17-4-1)61-47-34-40(29-30-51(47)74-69(75-61)78-53-31-33-70-36-49(53)57-41-20-7-8-21-42(41)58-44-23-10-13-27-55(44)79-65(58)63(57)78)52-35-46-48(37-72-52)59-45-24-11-14-28-56(45)80-66(59)64-60(46)62-54(26-15-32-71-62)77(64)68-43-22-9-12-25-50(43)73-67(76-68)39-18-5-2-6-19-39/h1-37H. The number of rotatable bonds is 5. The van der Waals surface area contributed by atoms with E-state index in [-0.39, 0.29) is 0 Å². The van der Waals surface area contributed by atoms with Crippen LogP contribution in [-0.4, -0.2) is 44.0 Å². The smallest absolute Gasteiger partial charge is 0.235 e. The predicted molar refractivity (Wildman–Crippen MR) is 332 cm³/mol. The number of para-hydroxylation sites is 1. The molecule has 0 radical (unpaired) electrons. The first-order chi connectivity index (χ1) is 39.7. The second-order valence-electron chi connectivity index (χ2n) is 20.4. The molecule has 9 aromatic heterocycles. The molecule has 0 saturated heterocycles. The Hall–Kier alpha value is -10.3. The van der Waals surface area contributed by atoms with Gasteiger partial charge in [0.2, 0.25) is 5.95 Å². The number of hydrogen-bond acceptors (Lipinski definition) is 9. The van der Waals surface area contributed by atoms with Gasteiger partial charge in [-0.2, -0.15) is 0 Å². The average Bonchev–Trinajstić information content (AvgIpc) is 3.94. The quantitative estimate of drug-likeness (QED) is 0.169.